The van der Waals surface area contributed by atoms with Crippen molar-refractivity contribution in [1.29, 1.82) is 0 Å². The minimum Gasteiger partial charge on any atom is -0.480 e. The quantitative estimate of drug-likeness (QED) is 0.698. The minimum absolute atomic E-state index is 0.510. The second-order valence-electron chi connectivity index (χ2n) is 5.25. The van der Waals surface area contributed by atoms with Gasteiger partial charge in [-0.15, -0.1) is 11.3 Å². The third-order valence-electron chi connectivity index (χ3n) is 3.64. The molecule has 1 atom stereocenters. The van der Waals surface area contributed by atoms with Crippen LogP contribution in [-0.4, -0.2) is 27.2 Å². The van der Waals surface area contributed by atoms with E-state index in [0.717, 1.165) is 13.0 Å². The van der Waals surface area contributed by atoms with Gasteiger partial charge in [-0.1, -0.05) is 29.8 Å². The van der Waals surface area contributed by atoms with Gasteiger partial charge in [0, 0.05) is 23.0 Å². The van der Waals surface area contributed by atoms with Crippen molar-refractivity contribution in [2.45, 2.75) is 19.0 Å². The maximum atomic E-state index is 11.7. The second-order valence-corrected chi connectivity index (χ2v) is 7.45. The van der Waals surface area contributed by atoms with Crippen molar-refractivity contribution >= 4 is 28.9 Å². The van der Waals surface area contributed by atoms with E-state index in [1.807, 2.05) is 17.0 Å². The molecule has 136 valence electrons. The monoisotopic (exact) mass is 407 g/mol. The molecule has 1 aromatic heterocycles. The number of fused-ring (bicyclic) bond motifs is 1. The molecule has 1 aliphatic rings. The van der Waals surface area contributed by atoms with E-state index in [1.54, 1.807) is 23.5 Å². The molecule has 0 saturated carbocycles. The van der Waals surface area contributed by atoms with Gasteiger partial charge in [-0.25, -0.2) is 0 Å². The Kier molecular flexibility index (Phi) is 6.78. The first-order valence-electron chi connectivity index (χ1n) is 7.06. The Balaban J connectivity index is 0.000000399. The number of benzene rings is 1. The topological polar surface area (TPSA) is 130 Å². The second kappa shape index (κ2) is 8.43. The van der Waals surface area contributed by atoms with Crippen LogP contribution in [0.2, 0.25) is 5.02 Å². The van der Waals surface area contributed by atoms with E-state index in [-0.39, 0.29) is 0 Å². The van der Waals surface area contributed by atoms with Crippen molar-refractivity contribution in [3.05, 3.63) is 56.7 Å². The van der Waals surface area contributed by atoms with E-state index < -0.39 is 22.3 Å². The number of carbonyl (C=O) groups is 1. The van der Waals surface area contributed by atoms with Crippen LogP contribution in [0.5, 0.6) is 0 Å². The van der Waals surface area contributed by atoms with Crippen molar-refractivity contribution in [2.24, 2.45) is 0 Å². The molecule has 0 spiro atoms. The summed E-state index contributed by atoms with van der Waals surface area (Å²) in [6, 6.07) is 8.58. The Labute approximate surface area is 155 Å². The molecule has 1 aromatic carbocycles. The predicted molar refractivity (Wildman–Crippen MR) is 82.5 cm³/mol. The first-order valence-corrected chi connectivity index (χ1v) is 9.58. The number of halogens is 2. The normalized spacial score (nSPS) is 15.7. The van der Waals surface area contributed by atoms with Crippen molar-refractivity contribution < 1.29 is 38.8 Å². The van der Waals surface area contributed by atoms with Crippen LogP contribution in [0.25, 0.3) is 0 Å². The van der Waals surface area contributed by atoms with Gasteiger partial charge in [0.1, 0.15) is 6.04 Å². The fourth-order valence-corrected chi connectivity index (χ4v) is 3.80. The third kappa shape index (κ3) is 5.91. The molecule has 2 heterocycles. The van der Waals surface area contributed by atoms with E-state index in [2.05, 4.69) is 11.4 Å². The van der Waals surface area contributed by atoms with Gasteiger partial charge < -0.3 is 5.11 Å². The zero-order chi connectivity index (χ0) is 18.6. The SMILES string of the molecule is O=C(O)[C@H](c1ccccc1Cl)N1CCc2sccc2C1.[O-][Cl+3]([O-])([O-])O. The van der Waals surface area contributed by atoms with E-state index >= 15 is 0 Å². The van der Waals surface area contributed by atoms with Crippen LogP contribution >= 0.6 is 22.9 Å². The van der Waals surface area contributed by atoms with E-state index in [1.165, 1.54) is 10.4 Å². The molecule has 0 fully saturated rings. The van der Waals surface area contributed by atoms with Gasteiger partial charge in [-0.2, -0.15) is 14.0 Å². The summed E-state index contributed by atoms with van der Waals surface area (Å²) in [5, 5.41) is 12.2. The highest BCUT2D eigenvalue weighted by Crippen LogP contribution is 2.33. The molecule has 25 heavy (non-hydrogen) atoms. The number of hydrogen-bond donors (Lipinski definition) is 2. The van der Waals surface area contributed by atoms with Crippen LogP contribution in [0.4, 0.5) is 0 Å². The van der Waals surface area contributed by atoms with Gasteiger partial charge >= 0.3 is 5.97 Å². The lowest BCUT2D eigenvalue weighted by molar-refractivity contribution is -1.92. The van der Waals surface area contributed by atoms with Crippen LogP contribution in [0.3, 0.4) is 0 Å². The van der Waals surface area contributed by atoms with Gasteiger partial charge in [0.2, 0.25) is 0 Å². The third-order valence-corrected chi connectivity index (χ3v) is 5.00. The highest BCUT2D eigenvalue weighted by Gasteiger charge is 2.31. The molecule has 3 rings (SSSR count). The Morgan fingerprint density at radius 3 is 2.52 bits per heavy atom. The maximum Gasteiger partial charge on any atom is 0.325 e. The van der Waals surface area contributed by atoms with Crippen molar-refractivity contribution in [2.75, 3.05) is 6.54 Å². The standard InChI is InChI=1S/C15H14ClNO2S.ClHO4/c16-12-4-2-1-3-11(12)14(15(18)19)17-7-5-13-10(9-17)6-8-20-13;2-1(3,4)5/h1-4,6,8,14H,5,7,9H2,(H,18,19);(H,2,3,4,5)/t14-;/m0./s1. The highest BCUT2D eigenvalue weighted by atomic mass is 35.7. The average Bonchev–Trinajstić information content (AvgIpc) is 2.95. The summed E-state index contributed by atoms with van der Waals surface area (Å²) in [5.41, 5.74) is 1.90. The van der Waals surface area contributed by atoms with Crippen LogP contribution < -0.4 is 14.0 Å². The fourth-order valence-electron chi connectivity index (χ4n) is 2.67. The molecule has 10 heteroatoms. The largest absolute Gasteiger partial charge is 0.480 e. The van der Waals surface area contributed by atoms with Gasteiger partial charge in [0.05, 0.1) is 14.9 Å². The first kappa shape index (κ1) is 20.1. The molecule has 0 amide bonds. The Bertz CT molecular complexity index is 727. The van der Waals surface area contributed by atoms with E-state index in [9.17, 15) is 9.90 Å². The summed E-state index contributed by atoms with van der Waals surface area (Å²) in [4.78, 5) is 15.1. The molecule has 0 radical (unpaired) electrons. The molecule has 1 aliphatic heterocycles. The molecule has 0 aliphatic carbocycles. The van der Waals surface area contributed by atoms with Crippen molar-refractivity contribution in [3.8, 4) is 0 Å². The summed E-state index contributed by atoms with van der Waals surface area (Å²) >= 11 is 7.92. The molecule has 0 unspecified atom stereocenters. The van der Waals surface area contributed by atoms with Gasteiger partial charge in [-0.05, 0) is 35.1 Å². The Morgan fingerprint density at radius 1 is 1.28 bits per heavy atom. The zero-order valence-electron chi connectivity index (χ0n) is 12.8. The summed E-state index contributed by atoms with van der Waals surface area (Å²) in [6.45, 7) is 1.41. The molecule has 0 saturated heterocycles. The predicted octanol–water partition coefficient (Wildman–Crippen LogP) is -0.539. The fraction of sp³-hybridized carbons (Fsp3) is 0.267. The number of carboxylic acid groups (broad SMARTS) is 1. The van der Waals surface area contributed by atoms with Gasteiger partial charge in [0.15, 0.2) is 0 Å². The number of rotatable bonds is 3. The van der Waals surface area contributed by atoms with Crippen LogP contribution in [0, 0.1) is 10.2 Å². The maximum absolute atomic E-state index is 11.7. The van der Waals surface area contributed by atoms with E-state index in [4.69, 9.17) is 30.2 Å². The minimum atomic E-state index is -4.69. The Morgan fingerprint density at radius 2 is 1.92 bits per heavy atom. The lowest BCUT2D eigenvalue weighted by Gasteiger charge is -2.32. The summed E-state index contributed by atoms with van der Waals surface area (Å²) in [7, 11) is -4.69. The first-order chi connectivity index (χ1) is 11.7. The molecule has 0 bridgehead atoms. The number of thiophene rings is 1. The number of aliphatic carboxylic acids is 1. The van der Waals surface area contributed by atoms with Crippen molar-refractivity contribution in [3.63, 3.8) is 0 Å². The number of carboxylic acids is 1. The lowest BCUT2D eigenvalue weighted by atomic mass is 10.0. The van der Waals surface area contributed by atoms with Crippen LogP contribution in [0.15, 0.2) is 35.7 Å². The van der Waals surface area contributed by atoms with Crippen LogP contribution in [0.1, 0.15) is 22.0 Å². The lowest BCUT2D eigenvalue weighted by Crippen LogP contribution is -2.58. The van der Waals surface area contributed by atoms with Crippen LogP contribution in [-0.2, 0) is 17.8 Å². The number of nitrogens with zero attached hydrogens (tertiary/aromatic N) is 1. The smallest absolute Gasteiger partial charge is 0.325 e. The highest BCUT2D eigenvalue weighted by molar-refractivity contribution is 7.10. The average molecular weight is 408 g/mol. The zero-order valence-corrected chi connectivity index (χ0v) is 15.1. The van der Waals surface area contributed by atoms with Gasteiger partial charge in [-0.3, -0.25) is 9.69 Å². The molecule has 2 aromatic rings. The molecular weight excluding hydrogens is 393 g/mol. The Hall–Kier alpha value is -1.23. The number of hydrogen-bond acceptors (Lipinski definition) is 7. The summed E-state index contributed by atoms with van der Waals surface area (Å²) in [5.74, 6) is -0.850. The molecular formula is C15H15Cl2NO6S. The summed E-state index contributed by atoms with van der Waals surface area (Å²) < 4.78 is 32.7. The van der Waals surface area contributed by atoms with Gasteiger partial charge in [0.25, 0.3) is 0 Å². The molecule has 7 nitrogen and oxygen atoms in total. The summed E-state index contributed by atoms with van der Waals surface area (Å²) in [6.07, 6.45) is 0.904. The van der Waals surface area contributed by atoms with E-state index in [0.29, 0.717) is 17.1 Å². The molecule has 2 N–H and O–H groups in total. The van der Waals surface area contributed by atoms with Crippen molar-refractivity contribution in [1.82, 2.24) is 4.90 Å².